The minimum Gasteiger partial charge on any atom is -0.479 e. The molecule has 1 rings (SSSR count). The van der Waals surface area contributed by atoms with E-state index in [9.17, 15) is 9.90 Å². The van der Waals surface area contributed by atoms with Gasteiger partial charge in [-0.25, -0.2) is 4.79 Å². The highest BCUT2D eigenvalue weighted by Crippen LogP contribution is 2.42. The molecule has 3 heteroatoms. The van der Waals surface area contributed by atoms with E-state index in [-0.39, 0.29) is 0 Å². The summed E-state index contributed by atoms with van der Waals surface area (Å²) in [5, 5.41) is 18.5. The van der Waals surface area contributed by atoms with E-state index in [1.165, 1.54) is 0 Å². The lowest BCUT2D eigenvalue weighted by Gasteiger charge is -2.38. The first-order chi connectivity index (χ1) is 6.62. The molecule has 3 nitrogen and oxygen atoms in total. The average molecular weight is 198 g/mol. The van der Waals surface area contributed by atoms with Crippen molar-refractivity contribution in [3.63, 3.8) is 0 Å². The van der Waals surface area contributed by atoms with E-state index >= 15 is 0 Å². The van der Waals surface area contributed by atoms with E-state index in [1.54, 1.807) is 6.08 Å². The minimum atomic E-state index is -1.24. The zero-order chi connectivity index (χ0) is 10.6. The van der Waals surface area contributed by atoms with Crippen molar-refractivity contribution in [1.82, 2.24) is 0 Å². The van der Waals surface area contributed by atoms with Crippen molar-refractivity contribution >= 4 is 5.97 Å². The van der Waals surface area contributed by atoms with Gasteiger partial charge in [-0.1, -0.05) is 25.3 Å². The molecule has 0 aromatic carbocycles. The van der Waals surface area contributed by atoms with Crippen molar-refractivity contribution in [3.8, 4) is 0 Å². The van der Waals surface area contributed by atoms with Gasteiger partial charge in [-0.3, -0.25) is 0 Å². The Hall–Kier alpha value is -0.830. The number of hydrogen-bond donors (Lipinski definition) is 2. The van der Waals surface area contributed by atoms with Crippen LogP contribution in [0, 0.1) is 5.41 Å². The molecule has 0 heterocycles. The highest BCUT2D eigenvalue weighted by atomic mass is 16.4. The van der Waals surface area contributed by atoms with Crippen LogP contribution < -0.4 is 0 Å². The number of carboxylic acid groups (broad SMARTS) is 1. The largest absolute Gasteiger partial charge is 0.479 e. The SMILES string of the molecule is C=CCC1(C(O)C(=O)O)CCCCC1. The fourth-order valence-electron chi connectivity index (χ4n) is 2.39. The fraction of sp³-hybridized carbons (Fsp3) is 0.727. The zero-order valence-electron chi connectivity index (χ0n) is 8.41. The molecule has 0 bridgehead atoms. The molecule has 14 heavy (non-hydrogen) atoms. The van der Waals surface area contributed by atoms with Crippen LogP contribution in [0.2, 0.25) is 0 Å². The van der Waals surface area contributed by atoms with Crippen LogP contribution in [0.1, 0.15) is 38.5 Å². The molecule has 0 amide bonds. The van der Waals surface area contributed by atoms with Crippen molar-refractivity contribution < 1.29 is 15.0 Å². The summed E-state index contributed by atoms with van der Waals surface area (Å²) >= 11 is 0. The van der Waals surface area contributed by atoms with Gasteiger partial charge in [0.2, 0.25) is 0 Å². The van der Waals surface area contributed by atoms with Gasteiger partial charge in [-0.05, 0) is 19.3 Å². The number of hydrogen-bond acceptors (Lipinski definition) is 2. The van der Waals surface area contributed by atoms with Crippen molar-refractivity contribution in [2.45, 2.75) is 44.6 Å². The van der Waals surface area contributed by atoms with Crippen molar-refractivity contribution in [1.29, 1.82) is 0 Å². The summed E-state index contributed by atoms with van der Waals surface area (Å²) in [5.41, 5.74) is -0.453. The summed E-state index contributed by atoms with van der Waals surface area (Å²) in [7, 11) is 0. The third kappa shape index (κ3) is 2.15. The van der Waals surface area contributed by atoms with Crippen LogP contribution in [0.3, 0.4) is 0 Å². The number of carbonyl (C=O) groups is 1. The average Bonchev–Trinajstić information content (AvgIpc) is 2.18. The molecule has 1 fully saturated rings. The maximum atomic E-state index is 10.8. The van der Waals surface area contributed by atoms with Crippen molar-refractivity contribution in [2.75, 3.05) is 0 Å². The lowest BCUT2D eigenvalue weighted by Crippen LogP contribution is -2.42. The van der Waals surface area contributed by atoms with Crippen LogP contribution in [-0.4, -0.2) is 22.3 Å². The first kappa shape index (κ1) is 11.2. The van der Waals surface area contributed by atoms with E-state index in [0.29, 0.717) is 6.42 Å². The lowest BCUT2D eigenvalue weighted by molar-refractivity contribution is -0.156. The Morgan fingerprint density at radius 1 is 1.43 bits per heavy atom. The van der Waals surface area contributed by atoms with Crippen molar-refractivity contribution in [2.24, 2.45) is 5.41 Å². The van der Waals surface area contributed by atoms with Crippen LogP contribution in [0.4, 0.5) is 0 Å². The van der Waals surface area contributed by atoms with E-state index in [4.69, 9.17) is 5.11 Å². The number of carboxylic acids is 1. The van der Waals surface area contributed by atoms with Gasteiger partial charge in [0.1, 0.15) is 0 Å². The Morgan fingerprint density at radius 2 is 2.00 bits per heavy atom. The molecular weight excluding hydrogens is 180 g/mol. The molecule has 1 aliphatic carbocycles. The quantitative estimate of drug-likeness (QED) is 0.679. The molecule has 0 spiro atoms. The molecule has 1 aliphatic rings. The first-order valence-corrected chi connectivity index (χ1v) is 5.14. The molecule has 0 aromatic heterocycles. The molecule has 1 saturated carbocycles. The minimum absolute atomic E-state index is 0.453. The second kappa shape index (κ2) is 4.60. The Labute approximate surface area is 84.4 Å². The third-order valence-corrected chi connectivity index (χ3v) is 3.21. The molecule has 80 valence electrons. The number of aliphatic carboxylic acids is 1. The number of aliphatic hydroxyl groups excluding tert-OH is 1. The smallest absolute Gasteiger partial charge is 0.333 e. The summed E-state index contributed by atoms with van der Waals surface area (Å²) in [4.78, 5) is 10.8. The highest BCUT2D eigenvalue weighted by molar-refractivity contribution is 5.73. The maximum Gasteiger partial charge on any atom is 0.333 e. The summed E-state index contributed by atoms with van der Waals surface area (Å²) < 4.78 is 0. The Balaban J connectivity index is 2.78. The fourth-order valence-corrected chi connectivity index (χ4v) is 2.39. The van der Waals surface area contributed by atoms with Gasteiger partial charge in [0.05, 0.1) is 0 Å². The zero-order valence-corrected chi connectivity index (χ0v) is 8.41. The Bertz CT molecular complexity index is 217. The molecule has 0 aromatic rings. The second-order valence-corrected chi connectivity index (χ2v) is 4.16. The van der Waals surface area contributed by atoms with Gasteiger partial charge in [0.15, 0.2) is 6.10 Å². The summed E-state index contributed by atoms with van der Waals surface area (Å²) in [5.74, 6) is -1.10. The van der Waals surface area contributed by atoms with E-state index < -0.39 is 17.5 Å². The molecule has 1 unspecified atom stereocenters. The second-order valence-electron chi connectivity index (χ2n) is 4.16. The van der Waals surface area contributed by atoms with E-state index in [1.807, 2.05) is 0 Å². The lowest BCUT2D eigenvalue weighted by atomic mass is 9.68. The Kier molecular flexibility index (Phi) is 3.69. The predicted octanol–water partition coefficient (Wildman–Crippen LogP) is 1.96. The molecule has 0 aliphatic heterocycles. The first-order valence-electron chi connectivity index (χ1n) is 5.14. The molecule has 1 atom stereocenters. The van der Waals surface area contributed by atoms with E-state index in [0.717, 1.165) is 32.1 Å². The highest BCUT2D eigenvalue weighted by Gasteiger charge is 2.41. The van der Waals surface area contributed by atoms with Crippen LogP contribution >= 0.6 is 0 Å². The van der Waals surface area contributed by atoms with Gasteiger partial charge in [-0.2, -0.15) is 0 Å². The number of rotatable bonds is 4. The van der Waals surface area contributed by atoms with Crippen LogP contribution in [0.25, 0.3) is 0 Å². The topological polar surface area (TPSA) is 57.5 Å². The Morgan fingerprint density at radius 3 is 2.43 bits per heavy atom. The molecular formula is C11H18O3. The monoisotopic (exact) mass is 198 g/mol. The maximum absolute atomic E-state index is 10.8. The van der Waals surface area contributed by atoms with E-state index in [2.05, 4.69) is 6.58 Å². The molecule has 2 N–H and O–H groups in total. The van der Waals surface area contributed by atoms with Gasteiger partial charge < -0.3 is 10.2 Å². The van der Waals surface area contributed by atoms with Crippen LogP contribution in [0.15, 0.2) is 12.7 Å². The standard InChI is InChI=1S/C11H18O3/c1-2-6-11(9(12)10(13)14)7-4-3-5-8-11/h2,9,12H,1,3-8H2,(H,13,14). The number of allylic oxidation sites excluding steroid dienone is 1. The summed E-state index contributed by atoms with van der Waals surface area (Å²) in [6.45, 7) is 3.64. The molecule has 0 saturated heterocycles. The van der Waals surface area contributed by atoms with Crippen molar-refractivity contribution in [3.05, 3.63) is 12.7 Å². The van der Waals surface area contributed by atoms with Crippen LogP contribution in [-0.2, 0) is 4.79 Å². The summed E-state index contributed by atoms with van der Waals surface area (Å²) in [6.07, 6.45) is 5.85. The predicted molar refractivity (Wildman–Crippen MR) is 54.0 cm³/mol. The molecule has 0 radical (unpaired) electrons. The van der Waals surface area contributed by atoms with Gasteiger partial charge >= 0.3 is 5.97 Å². The van der Waals surface area contributed by atoms with Crippen LogP contribution in [0.5, 0.6) is 0 Å². The summed E-state index contributed by atoms with van der Waals surface area (Å²) in [6, 6.07) is 0. The van der Waals surface area contributed by atoms with Gasteiger partial charge in [0, 0.05) is 5.41 Å². The number of aliphatic hydroxyl groups is 1. The van der Waals surface area contributed by atoms with Gasteiger partial charge in [-0.15, -0.1) is 6.58 Å². The third-order valence-electron chi connectivity index (χ3n) is 3.21. The van der Waals surface area contributed by atoms with Gasteiger partial charge in [0.25, 0.3) is 0 Å². The normalized spacial score (nSPS) is 22.6.